The van der Waals surface area contributed by atoms with Gasteiger partial charge < -0.3 is 31.0 Å². The summed E-state index contributed by atoms with van der Waals surface area (Å²) >= 11 is 1.28. The van der Waals surface area contributed by atoms with Crippen molar-refractivity contribution in [3.05, 3.63) is 53.6 Å². The van der Waals surface area contributed by atoms with E-state index in [1.165, 1.54) is 11.8 Å². The second kappa shape index (κ2) is 8.84. The topological polar surface area (TPSA) is 208 Å². The number of hydrogen-bond donors (Lipinski definition) is 5. The third-order valence-electron chi connectivity index (χ3n) is 5.76. The molecule has 2 aliphatic rings. The lowest BCUT2D eigenvalue weighted by Crippen LogP contribution is -2.71. The number of rotatable bonds is 6. The molecule has 0 saturated carbocycles. The summed E-state index contributed by atoms with van der Waals surface area (Å²) in [6.45, 7) is 0.170. The Kier molecular flexibility index (Phi) is 5.68. The van der Waals surface area contributed by atoms with Crippen LogP contribution in [-0.4, -0.2) is 71.1 Å². The molecule has 0 radical (unpaired) electrons. The first-order valence-electron chi connectivity index (χ1n) is 10.4. The Bertz CT molecular complexity index is 1480. The highest BCUT2D eigenvalue weighted by Gasteiger charge is 2.55. The van der Waals surface area contributed by atoms with E-state index in [0.29, 0.717) is 16.5 Å². The van der Waals surface area contributed by atoms with Crippen LogP contribution in [0.1, 0.15) is 5.82 Å². The van der Waals surface area contributed by atoms with Gasteiger partial charge in [-0.15, -0.1) is 11.8 Å². The van der Waals surface area contributed by atoms with Crippen molar-refractivity contribution in [3.8, 4) is 5.75 Å². The number of carbonyl (C=O) groups excluding carboxylic acids is 2. The fourth-order valence-corrected chi connectivity index (χ4v) is 5.50. The molecule has 1 aromatic carbocycles. The van der Waals surface area contributed by atoms with Gasteiger partial charge in [0.05, 0.1) is 5.39 Å². The number of benzene rings is 1. The van der Waals surface area contributed by atoms with E-state index in [1.54, 1.807) is 41.1 Å². The molecule has 1 unspecified atom stereocenters. The number of amides is 2. The number of β-lactam (4-membered cyclic amide) rings is 1. The maximum absolute atomic E-state index is 12.9. The number of aliphatic carboxylic acids is 1. The molecule has 1 fully saturated rings. The number of carbonyl (C=O) groups is 3. The van der Waals surface area contributed by atoms with E-state index in [4.69, 9.17) is 5.73 Å². The van der Waals surface area contributed by atoms with E-state index in [-0.39, 0.29) is 35.6 Å². The fourth-order valence-electron chi connectivity index (χ4n) is 4.17. The molecule has 184 valence electrons. The molecule has 6 N–H and O–H groups in total. The lowest BCUT2D eigenvalue weighted by atomic mass is 10.0. The van der Waals surface area contributed by atoms with E-state index in [0.717, 1.165) is 4.90 Å². The molecule has 14 nitrogen and oxygen atoms in total. The molecule has 2 aromatic heterocycles. The van der Waals surface area contributed by atoms with E-state index in [1.807, 2.05) is 0 Å². The lowest BCUT2D eigenvalue weighted by molar-refractivity contribution is -0.663. The van der Waals surface area contributed by atoms with Crippen molar-refractivity contribution in [2.24, 2.45) is 5.16 Å². The maximum atomic E-state index is 12.9. The van der Waals surface area contributed by atoms with Gasteiger partial charge in [-0.25, -0.2) is 4.79 Å². The van der Waals surface area contributed by atoms with Crippen molar-refractivity contribution in [1.29, 1.82) is 0 Å². The number of nitrogen functional groups attached to an aromatic ring is 1. The van der Waals surface area contributed by atoms with Crippen LogP contribution in [0.25, 0.3) is 10.9 Å². The number of aromatic hydroxyl groups is 1. The van der Waals surface area contributed by atoms with Crippen LogP contribution in [0.5, 0.6) is 5.75 Å². The molecule has 4 heterocycles. The summed E-state index contributed by atoms with van der Waals surface area (Å²) in [7, 11) is 0. The minimum Gasteiger partial charge on any atom is -0.507 e. The van der Waals surface area contributed by atoms with E-state index in [9.17, 15) is 29.8 Å². The maximum Gasteiger partial charge on any atom is 0.352 e. The van der Waals surface area contributed by atoms with Crippen molar-refractivity contribution in [2.45, 2.75) is 18.0 Å². The Morgan fingerprint density at radius 2 is 2.14 bits per heavy atom. The molecule has 0 spiro atoms. The number of nitrogens with two attached hydrogens (primary N) is 1. The Morgan fingerprint density at radius 1 is 1.33 bits per heavy atom. The summed E-state index contributed by atoms with van der Waals surface area (Å²) in [6.07, 6.45) is 1.76. The van der Waals surface area contributed by atoms with Crippen molar-refractivity contribution in [2.75, 3.05) is 11.5 Å². The van der Waals surface area contributed by atoms with E-state index < -0.39 is 34.9 Å². The van der Waals surface area contributed by atoms with Gasteiger partial charge in [0.15, 0.2) is 12.7 Å². The van der Waals surface area contributed by atoms with Crippen LogP contribution in [0.4, 0.5) is 6.01 Å². The minimum atomic E-state index is -1.28. The number of aromatic nitrogens is 3. The summed E-state index contributed by atoms with van der Waals surface area (Å²) in [5, 5.41) is 37.9. The lowest BCUT2D eigenvalue weighted by Gasteiger charge is -2.49. The largest absolute Gasteiger partial charge is 0.507 e. The number of anilines is 1. The first-order valence-corrected chi connectivity index (χ1v) is 11.5. The SMILES string of the molecule is Nc1nc(C(=NO)C(=O)NC2C(=O)N3C(C(=O)O)=C(C[n+]4cccc5c(O)cccc54)CS[C@@H]23)no1. The number of fused-ring (bicyclic) bond motifs is 2. The molecule has 36 heavy (non-hydrogen) atoms. The molecule has 2 amide bonds. The van der Waals surface area contributed by atoms with Gasteiger partial charge in [0.1, 0.15) is 22.9 Å². The summed E-state index contributed by atoms with van der Waals surface area (Å²) in [5.41, 5.74) is 5.72. The summed E-state index contributed by atoms with van der Waals surface area (Å²) in [5.74, 6) is -2.89. The number of nitrogens with one attached hydrogen (secondary N) is 1. The van der Waals surface area contributed by atoms with E-state index >= 15 is 0 Å². The third-order valence-corrected chi connectivity index (χ3v) is 7.10. The Balaban J connectivity index is 1.39. The summed E-state index contributed by atoms with van der Waals surface area (Å²) in [4.78, 5) is 42.5. The fraction of sp³-hybridized carbons (Fsp3) is 0.190. The van der Waals surface area contributed by atoms with Gasteiger partial charge in [0.25, 0.3) is 11.8 Å². The monoisotopic (exact) mass is 512 g/mol. The highest BCUT2D eigenvalue weighted by molar-refractivity contribution is 8.00. The first-order chi connectivity index (χ1) is 17.3. The van der Waals surface area contributed by atoms with E-state index in [2.05, 4.69) is 25.1 Å². The zero-order chi connectivity index (χ0) is 25.6. The zero-order valence-corrected chi connectivity index (χ0v) is 19.0. The second-order valence-corrected chi connectivity index (χ2v) is 8.97. The molecule has 0 bridgehead atoms. The van der Waals surface area contributed by atoms with Crippen LogP contribution in [0.15, 0.2) is 57.5 Å². The Morgan fingerprint density at radius 3 is 2.83 bits per heavy atom. The van der Waals surface area contributed by atoms with Crippen LogP contribution in [0, 0.1) is 0 Å². The minimum absolute atomic E-state index is 0.0955. The van der Waals surface area contributed by atoms with Gasteiger partial charge in [-0.2, -0.15) is 9.55 Å². The molecule has 2 atom stereocenters. The molecular weight excluding hydrogens is 494 g/mol. The number of phenols is 1. The zero-order valence-electron chi connectivity index (χ0n) is 18.2. The Hall–Kier alpha value is -4.66. The number of pyridine rings is 1. The van der Waals surface area contributed by atoms with Gasteiger partial charge in [0.2, 0.25) is 17.1 Å². The molecule has 0 aliphatic carbocycles. The highest BCUT2D eigenvalue weighted by atomic mass is 32.2. The number of phenolic OH excluding ortho intramolecular Hbond substituents is 1. The van der Waals surface area contributed by atoms with Crippen LogP contribution in [0.3, 0.4) is 0 Å². The Labute approximate surface area is 205 Å². The van der Waals surface area contributed by atoms with Crippen LogP contribution in [0.2, 0.25) is 0 Å². The van der Waals surface area contributed by atoms with Gasteiger partial charge in [-0.3, -0.25) is 14.5 Å². The van der Waals surface area contributed by atoms with Gasteiger partial charge in [-0.1, -0.05) is 16.4 Å². The van der Waals surface area contributed by atoms with Gasteiger partial charge >= 0.3 is 12.0 Å². The molecule has 3 aromatic rings. The molecule has 2 aliphatic heterocycles. The highest BCUT2D eigenvalue weighted by Crippen LogP contribution is 2.40. The average molecular weight is 512 g/mol. The number of carboxylic acids is 1. The molecule has 15 heteroatoms. The van der Waals surface area contributed by atoms with Crippen LogP contribution in [-0.2, 0) is 20.9 Å². The van der Waals surface area contributed by atoms with Crippen LogP contribution >= 0.6 is 11.8 Å². The summed E-state index contributed by atoms with van der Waals surface area (Å²) < 4.78 is 6.35. The third kappa shape index (κ3) is 3.74. The molecular formula is C21H18N7O7S+. The number of nitrogens with zero attached hydrogens (tertiary/aromatic N) is 5. The smallest absolute Gasteiger partial charge is 0.352 e. The average Bonchev–Trinajstić information content (AvgIpc) is 3.28. The molecule has 5 rings (SSSR count). The summed E-state index contributed by atoms with van der Waals surface area (Å²) in [6, 6.07) is 7.11. The quantitative estimate of drug-likeness (QED) is 0.0927. The molecule has 1 saturated heterocycles. The van der Waals surface area contributed by atoms with Gasteiger partial charge in [0, 0.05) is 23.5 Å². The van der Waals surface area contributed by atoms with Crippen molar-refractivity contribution >= 4 is 52.2 Å². The first kappa shape index (κ1) is 23.1. The number of thioether (sulfide) groups is 1. The van der Waals surface area contributed by atoms with Crippen molar-refractivity contribution < 1.29 is 38.9 Å². The number of oxime groups is 1. The normalized spacial score (nSPS) is 19.7. The number of carboxylic acid groups (broad SMARTS) is 1. The number of hydrogen-bond acceptors (Lipinski definition) is 11. The predicted molar refractivity (Wildman–Crippen MR) is 123 cm³/mol. The van der Waals surface area contributed by atoms with Crippen LogP contribution < -0.4 is 15.6 Å². The predicted octanol–water partition coefficient (Wildman–Crippen LogP) is -0.585. The van der Waals surface area contributed by atoms with Crippen molar-refractivity contribution in [1.82, 2.24) is 20.4 Å². The van der Waals surface area contributed by atoms with Crippen molar-refractivity contribution in [3.63, 3.8) is 0 Å². The second-order valence-electron chi connectivity index (χ2n) is 7.87. The standard InChI is InChI=1S/C21H17N7O7S/c22-21-24-16(26-35-21)13(25-34)17(30)23-14-18(31)28-15(20(32)33)9(8-36-19(14)28)7-27-6-2-3-10-11(27)4-1-5-12(10)29/h1-6,14,19H,7-8H2,(H5,22,23,24,26,30,32,33,34)/p+1/t14?,19-/m0/s1. The van der Waals surface area contributed by atoms with Gasteiger partial charge in [-0.05, 0) is 12.1 Å².